The van der Waals surface area contributed by atoms with E-state index in [0.717, 1.165) is 6.26 Å². The van der Waals surface area contributed by atoms with Crippen LogP contribution in [0.5, 0.6) is 0 Å². The number of hydrogen-bond acceptors (Lipinski definition) is 5. The SMILES string of the molecule is CS(=O)(=O)N1CCC[C@@H](C(=O)N[C@H]2CCS(=O)(=O)C2)C1. The Morgan fingerprint density at radius 1 is 1.30 bits per heavy atom. The van der Waals surface area contributed by atoms with Crippen LogP contribution in [0.15, 0.2) is 0 Å². The van der Waals surface area contributed by atoms with Crippen LogP contribution in [0.25, 0.3) is 0 Å². The zero-order valence-electron chi connectivity index (χ0n) is 11.4. The highest BCUT2D eigenvalue weighted by molar-refractivity contribution is 7.91. The Labute approximate surface area is 119 Å². The largest absolute Gasteiger partial charge is 0.352 e. The van der Waals surface area contributed by atoms with E-state index >= 15 is 0 Å². The number of nitrogens with zero attached hydrogens (tertiary/aromatic N) is 1. The first-order valence-electron chi connectivity index (χ1n) is 6.63. The fraction of sp³-hybridized carbons (Fsp3) is 0.909. The van der Waals surface area contributed by atoms with Crippen molar-refractivity contribution >= 4 is 25.8 Å². The molecule has 1 amide bonds. The molecule has 1 N–H and O–H groups in total. The highest BCUT2D eigenvalue weighted by Crippen LogP contribution is 2.20. The van der Waals surface area contributed by atoms with E-state index in [1.807, 2.05) is 0 Å². The number of hydrogen-bond donors (Lipinski definition) is 1. The lowest BCUT2D eigenvalue weighted by Gasteiger charge is -2.30. The van der Waals surface area contributed by atoms with Crippen LogP contribution >= 0.6 is 0 Å². The number of rotatable bonds is 3. The molecule has 0 aliphatic carbocycles. The molecule has 0 radical (unpaired) electrons. The van der Waals surface area contributed by atoms with Crippen LogP contribution in [0.2, 0.25) is 0 Å². The number of carbonyl (C=O) groups excluding carboxylic acids is 1. The minimum Gasteiger partial charge on any atom is -0.352 e. The van der Waals surface area contributed by atoms with Gasteiger partial charge in [-0.25, -0.2) is 21.1 Å². The minimum absolute atomic E-state index is 0.0126. The van der Waals surface area contributed by atoms with Crippen LogP contribution in [0, 0.1) is 5.92 Å². The van der Waals surface area contributed by atoms with Gasteiger partial charge in [0.15, 0.2) is 9.84 Å². The standard InChI is InChI=1S/C11H20N2O5S2/c1-19(15,16)13-5-2-3-9(7-13)11(14)12-10-4-6-20(17,18)8-10/h9-10H,2-8H2,1H3,(H,12,14)/t9-,10+/m1/s1. The Kier molecular flexibility index (Phi) is 4.41. The molecule has 0 bridgehead atoms. The van der Waals surface area contributed by atoms with Gasteiger partial charge in [0.1, 0.15) is 0 Å². The highest BCUT2D eigenvalue weighted by Gasteiger charge is 2.34. The second kappa shape index (κ2) is 5.61. The third kappa shape index (κ3) is 3.92. The molecule has 0 aromatic rings. The van der Waals surface area contributed by atoms with Crippen molar-refractivity contribution in [2.45, 2.75) is 25.3 Å². The van der Waals surface area contributed by atoms with E-state index in [2.05, 4.69) is 5.32 Å². The van der Waals surface area contributed by atoms with Gasteiger partial charge < -0.3 is 5.32 Å². The zero-order chi connectivity index (χ0) is 15.0. The Hall–Kier alpha value is -0.670. The second-order valence-corrected chi connectivity index (χ2v) is 9.78. The van der Waals surface area contributed by atoms with Crippen molar-refractivity contribution < 1.29 is 21.6 Å². The summed E-state index contributed by atoms with van der Waals surface area (Å²) in [5.41, 5.74) is 0. The summed E-state index contributed by atoms with van der Waals surface area (Å²) in [5.74, 6) is -0.526. The van der Waals surface area contributed by atoms with Gasteiger partial charge in [-0.1, -0.05) is 0 Å². The van der Waals surface area contributed by atoms with Gasteiger partial charge in [-0.3, -0.25) is 4.79 Å². The first-order chi connectivity index (χ1) is 9.17. The average molecular weight is 324 g/mol. The summed E-state index contributed by atoms with van der Waals surface area (Å²) >= 11 is 0. The molecule has 0 spiro atoms. The van der Waals surface area contributed by atoms with Crippen molar-refractivity contribution in [3.05, 3.63) is 0 Å². The maximum atomic E-state index is 12.1. The molecule has 20 heavy (non-hydrogen) atoms. The molecule has 0 unspecified atom stereocenters. The molecule has 9 heteroatoms. The molecule has 2 aliphatic rings. The summed E-state index contributed by atoms with van der Waals surface area (Å²) in [7, 11) is -6.31. The summed E-state index contributed by atoms with van der Waals surface area (Å²) in [6.45, 7) is 0.630. The lowest BCUT2D eigenvalue weighted by Crippen LogP contribution is -2.47. The smallest absolute Gasteiger partial charge is 0.224 e. The van der Waals surface area contributed by atoms with E-state index in [9.17, 15) is 21.6 Å². The number of piperidine rings is 1. The van der Waals surface area contributed by atoms with Crippen molar-refractivity contribution in [3.8, 4) is 0 Å². The summed E-state index contributed by atoms with van der Waals surface area (Å²) in [6, 6.07) is -0.332. The third-order valence-electron chi connectivity index (χ3n) is 3.80. The fourth-order valence-corrected chi connectivity index (χ4v) is 5.27. The van der Waals surface area contributed by atoms with Gasteiger partial charge in [0.2, 0.25) is 15.9 Å². The second-order valence-electron chi connectivity index (χ2n) is 5.57. The Morgan fingerprint density at radius 3 is 2.55 bits per heavy atom. The summed E-state index contributed by atoms with van der Waals surface area (Å²) < 4.78 is 47.0. The van der Waals surface area contributed by atoms with Gasteiger partial charge >= 0.3 is 0 Å². The van der Waals surface area contributed by atoms with Crippen LogP contribution in [0.1, 0.15) is 19.3 Å². The normalized spacial score (nSPS) is 31.1. The maximum Gasteiger partial charge on any atom is 0.224 e. The van der Waals surface area contributed by atoms with Gasteiger partial charge in [0.25, 0.3) is 0 Å². The molecule has 116 valence electrons. The molecule has 2 fully saturated rings. The maximum absolute atomic E-state index is 12.1. The Bertz CT molecular complexity index is 584. The lowest BCUT2D eigenvalue weighted by atomic mass is 9.98. The number of amides is 1. The molecular formula is C11H20N2O5S2. The molecule has 2 saturated heterocycles. The van der Waals surface area contributed by atoms with Crippen LogP contribution in [0.4, 0.5) is 0 Å². The first-order valence-corrected chi connectivity index (χ1v) is 10.3. The lowest BCUT2D eigenvalue weighted by molar-refractivity contribution is -0.126. The topological polar surface area (TPSA) is 101 Å². The van der Waals surface area contributed by atoms with Crippen LogP contribution in [-0.2, 0) is 24.7 Å². The number of nitrogens with one attached hydrogen (secondary N) is 1. The third-order valence-corrected chi connectivity index (χ3v) is 6.84. The predicted molar refractivity (Wildman–Crippen MR) is 74.3 cm³/mol. The van der Waals surface area contributed by atoms with Gasteiger partial charge in [0, 0.05) is 19.1 Å². The van der Waals surface area contributed by atoms with Crippen LogP contribution in [0.3, 0.4) is 0 Å². The van der Waals surface area contributed by atoms with Gasteiger partial charge in [-0.05, 0) is 19.3 Å². The molecule has 0 aromatic heterocycles. The van der Waals surface area contributed by atoms with E-state index in [-0.39, 0.29) is 35.9 Å². The zero-order valence-corrected chi connectivity index (χ0v) is 13.0. The van der Waals surface area contributed by atoms with E-state index in [0.29, 0.717) is 25.8 Å². The molecule has 0 saturated carbocycles. The molecule has 2 aliphatic heterocycles. The Morgan fingerprint density at radius 2 is 2.00 bits per heavy atom. The van der Waals surface area contributed by atoms with E-state index in [1.165, 1.54) is 4.31 Å². The van der Waals surface area contributed by atoms with E-state index in [1.54, 1.807) is 0 Å². The predicted octanol–water partition coefficient (Wildman–Crippen LogP) is -1.04. The molecule has 0 aromatic carbocycles. The Balaban J connectivity index is 1.93. The summed E-state index contributed by atoms with van der Waals surface area (Å²) in [5, 5.41) is 2.74. The number of carbonyl (C=O) groups is 1. The van der Waals surface area contributed by atoms with Crippen molar-refractivity contribution in [2.24, 2.45) is 5.92 Å². The van der Waals surface area contributed by atoms with Gasteiger partial charge in [-0.2, -0.15) is 0 Å². The molecule has 2 atom stereocenters. The van der Waals surface area contributed by atoms with Crippen molar-refractivity contribution in [1.29, 1.82) is 0 Å². The van der Waals surface area contributed by atoms with Gasteiger partial charge in [0.05, 0.1) is 23.7 Å². The molecule has 2 heterocycles. The minimum atomic E-state index is -3.28. The molecular weight excluding hydrogens is 304 g/mol. The van der Waals surface area contributed by atoms with Crippen molar-refractivity contribution in [2.75, 3.05) is 30.9 Å². The number of sulfonamides is 1. The van der Waals surface area contributed by atoms with Gasteiger partial charge in [-0.15, -0.1) is 0 Å². The molecule has 7 nitrogen and oxygen atoms in total. The van der Waals surface area contributed by atoms with E-state index < -0.39 is 19.9 Å². The van der Waals surface area contributed by atoms with Crippen LogP contribution < -0.4 is 5.32 Å². The quantitative estimate of drug-likeness (QED) is 0.715. The number of sulfone groups is 1. The van der Waals surface area contributed by atoms with Crippen LogP contribution in [-0.4, -0.2) is 63.9 Å². The summed E-state index contributed by atoms with van der Waals surface area (Å²) in [6.07, 6.45) is 2.86. The summed E-state index contributed by atoms with van der Waals surface area (Å²) in [4.78, 5) is 12.1. The fourth-order valence-electron chi connectivity index (χ4n) is 2.69. The highest BCUT2D eigenvalue weighted by atomic mass is 32.2. The van der Waals surface area contributed by atoms with E-state index in [4.69, 9.17) is 0 Å². The van der Waals surface area contributed by atoms with Crippen molar-refractivity contribution in [3.63, 3.8) is 0 Å². The first kappa shape index (κ1) is 15.7. The van der Waals surface area contributed by atoms with Crippen molar-refractivity contribution in [1.82, 2.24) is 9.62 Å². The molecule has 2 rings (SSSR count). The average Bonchev–Trinajstić information content (AvgIpc) is 2.68. The monoisotopic (exact) mass is 324 g/mol.